The van der Waals surface area contributed by atoms with Crippen molar-refractivity contribution in [3.05, 3.63) is 229 Å². The first-order valence-corrected chi connectivity index (χ1v) is 23.3. The van der Waals surface area contributed by atoms with Crippen LogP contribution in [-0.2, 0) is 25.7 Å². The van der Waals surface area contributed by atoms with Gasteiger partial charge in [-0.3, -0.25) is 0 Å². The van der Waals surface area contributed by atoms with Crippen LogP contribution in [0.4, 0.5) is 17.1 Å². The first-order valence-electron chi connectivity index (χ1n) is 23.3. The summed E-state index contributed by atoms with van der Waals surface area (Å²) in [6, 6.07) is 76.1. The number of para-hydroxylation sites is 2. The van der Waals surface area contributed by atoms with Gasteiger partial charge in [0.1, 0.15) is 0 Å². The molecule has 1 aromatic heterocycles. The smallest absolute Gasteiger partial charge is 0.0547 e. The highest BCUT2D eigenvalue weighted by Gasteiger charge is 2.28. The van der Waals surface area contributed by atoms with Crippen molar-refractivity contribution < 1.29 is 0 Å². The molecule has 0 amide bonds. The summed E-state index contributed by atoms with van der Waals surface area (Å²) in [5, 5.41) is 2.54. The summed E-state index contributed by atoms with van der Waals surface area (Å²) in [4.78, 5) is 2.42. The number of anilines is 3. The van der Waals surface area contributed by atoms with Gasteiger partial charge in [-0.2, -0.15) is 0 Å². The Kier molecular flexibility index (Phi) is 9.79. The lowest BCUT2D eigenvalue weighted by atomic mass is 9.73. The molecule has 1 heterocycles. The molecular formula is C62H50N2. The van der Waals surface area contributed by atoms with Crippen LogP contribution < -0.4 is 4.90 Å². The van der Waals surface area contributed by atoms with E-state index >= 15 is 0 Å². The second-order valence-corrected chi connectivity index (χ2v) is 17.7. The number of benzene rings is 9. The molecule has 64 heavy (non-hydrogen) atoms. The maximum absolute atomic E-state index is 2.42. The van der Waals surface area contributed by atoms with Gasteiger partial charge in [0, 0.05) is 33.5 Å². The summed E-state index contributed by atoms with van der Waals surface area (Å²) in [6.07, 6.45) is 9.73. The third-order valence-corrected chi connectivity index (χ3v) is 14.0. The lowest BCUT2D eigenvalue weighted by molar-refractivity contribution is 0.662. The zero-order chi connectivity index (χ0) is 42.4. The van der Waals surface area contributed by atoms with Crippen LogP contribution in [0.25, 0.3) is 72.0 Å². The van der Waals surface area contributed by atoms with E-state index < -0.39 is 0 Å². The minimum absolute atomic E-state index is 1.13. The molecule has 0 unspecified atom stereocenters. The average molecular weight is 823 g/mol. The Bertz CT molecular complexity index is 3230. The minimum atomic E-state index is 1.13. The van der Waals surface area contributed by atoms with Gasteiger partial charge in [0.15, 0.2) is 0 Å². The molecule has 2 aliphatic carbocycles. The van der Waals surface area contributed by atoms with E-state index in [9.17, 15) is 0 Å². The molecule has 308 valence electrons. The van der Waals surface area contributed by atoms with Crippen LogP contribution in [0.1, 0.15) is 47.9 Å². The largest absolute Gasteiger partial charge is 0.311 e. The Balaban J connectivity index is 0.950. The first kappa shape index (κ1) is 38.3. The van der Waals surface area contributed by atoms with E-state index in [0.717, 1.165) is 29.9 Å². The van der Waals surface area contributed by atoms with E-state index in [2.05, 4.69) is 216 Å². The van der Waals surface area contributed by atoms with Gasteiger partial charge in [-0.25, -0.2) is 0 Å². The van der Waals surface area contributed by atoms with Gasteiger partial charge in [-0.15, -0.1) is 0 Å². The molecule has 0 atom stereocenters. The van der Waals surface area contributed by atoms with Crippen molar-refractivity contribution in [3.8, 4) is 50.2 Å². The fourth-order valence-corrected chi connectivity index (χ4v) is 11.0. The summed E-state index contributed by atoms with van der Waals surface area (Å²) in [5.74, 6) is 0. The predicted octanol–water partition coefficient (Wildman–Crippen LogP) is 16.7. The van der Waals surface area contributed by atoms with E-state index in [4.69, 9.17) is 0 Å². The summed E-state index contributed by atoms with van der Waals surface area (Å²) in [7, 11) is 0. The Labute approximate surface area is 376 Å². The van der Waals surface area contributed by atoms with Crippen LogP contribution in [0.15, 0.2) is 206 Å². The zero-order valence-electron chi connectivity index (χ0n) is 36.2. The van der Waals surface area contributed by atoms with Gasteiger partial charge in [0.05, 0.1) is 11.0 Å². The maximum Gasteiger partial charge on any atom is 0.0547 e. The van der Waals surface area contributed by atoms with Crippen molar-refractivity contribution in [2.45, 2.75) is 51.4 Å². The SMILES string of the molecule is c1ccc(-c2ccc(N(c3ccc(-c4ccc5c6ccccc6n(-c6ccccc6)c5c4)cc3)c3ccc(-c4c5c(c(-c6ccccc6)c6c4CCCC6)CCCC5)cc3)cc2)cc1. The van der Waals surface area contributed by atoms with Crippen molar-refractivity contribution in [2.24, 2.45) is 0 Å². The van der Waals surface area contributed by atoms with E-state index in [1.807, 2.05) is 0 Å². The average Bonchev–Trinajstić information content (AvgIpc) is 3.71. The van der Waals surface area contributed by atoms with Crippen LogP contribution in [0.5, 0.6) is 0 Å². The number of fused-ring (bicyclic) bond motifs is 5. The number of rotatable bonds is 8. The van der Waals surface area contributed by atoms with Gasteiger partial charge in [-0.1, -0.05) is 146 Å². The summed E-state index contributed by atoms with van der Waals surface area (Å²) in [5.41, 5.74) is 24.1. The molecule has 0 spiro atoms. The van der Waals surface area contributed by atoms with Crippen LogP contribution in [0.2, 0.25) is 0 Å². The molecule has 2 nitrogen and oxygen atoms in total. The maximum atomic E-state index is 2.42. The van der Waals surface area contributed by atoms with Crippen molar-refractivity contribution in [1.29, 1.82) is 0 Å². The highest BCUT2D eigenvalue weighted by molar-refractivity contribution is 6.10. The van der Waals surface area contributed by atoms with Gasteiger partial charge >= 0.3 is 0 Å². The summed E-state index contributed by atoms with van der Waals surface area (Å²) >= 11 is 0. The molecule has 0 N–H and O–H groups in total. The fraction of sp³-hybridized carbons (Fsp3) is 0.129. The Morgan fingerprint density at radius 2 is 0.672 bits per heavy atom. The number of aromatic nitrogens is 1. The normalized spacial score (nSPS) is 13.4. The molecule has 0 fully saturated rings. The quantitative estimate of drug-likeness (QED) is 0.148. The summed E-state index contributed by atoms with van der Waals surface area (Å²) < 4.78 is 2.40. The Morgan fingerprint density at radius 1 is 0.297 bits per heavy atom. The predicted molar refractivity (Wildman–Crippen MR) is 270 cm³/mol. The second-order valence-electron chi connectivity index (χ2n) is 17.7. The third-order valence-electron chi connectivity index (χ3n) is 14.0. The van der Waals surface area contributed by atoms with Crippen molar-refractivity contribution in [2.75, 3.05) is 4.90 Å². The fourth-order valence-electron chi connectivity index (χ4n) is 11.0. The van der Waals surface area contributed by atoms with Gasteiger partial charge in [0.25, 0.3) is 0 Å². The molecule has 12 rings (SSSR count). The molecule has 0 aliphatic heterocycles. The van der Waals surface area contributed by atoms with E-state index in [1.165, 1.54) is 105 Å². The molecule has 2 heteroatoms. The van der Waals surface area contributed by atoms with Crippen LogP contribution in [0.3, 0.4) is 0 Å². The van der Waals surface area contributed by atoms with E-state index in [1.54, 1.807) is 27.8 Å². The molecule has 0 bridgehead atoms. The molecule has 0 radical (unpaired) electrons. The Hall–Kier alpha value is -7.42. The first-order chi connectivity index (χ1) is 31.8. The number of nitrogens with zero attached hydrogens (tertiary/aromatic N) is 2. The van der Waals surface area contributed by atoms with Gasteiger partial charge < -0.3 is 9.47 Å². The zero-order valence-corrected chi connectivity index (χ0v) is 36.2. The van der Waals surface area contributed by atoms with Crippen molar-refractivity contribution >= 4 is 38.9 Å². The molecule has 0 saturated carbocycles. The Morgan fingerprint density at radius 3 is 1.20 bits per heavy atom. The highest BCUT2D eigenvalue weighted by Crippen LogP contribution is 2.47. The minimum Gasteiger partial charge on any atom is -0.311 e. The van der Waals surface area contributed by atoms with Crippen molar-refractivity contribution in [1.82, 2.24) is 4.57 Å². The summed E-state index contributed by atoms with van der Waals surface area (Å²) in [6.45, 7) is 0. The topological polar surface area (TPSA) is 8.17 Å². The molecule has 10 aromatic rings. The highest BCUT2D eigenvalue weighted by atomic mass is 15.1. The van der Waals surface area contributed by atoms with Gasteiger partial charge in [-0.05, 0) is 179 Å². The van der Waals surface area contributed by atoms with E-state index in [-0.39, 0.29) is 0 Å². The van der Waals surface area contributed by atoms with Crippen LogP contribution in [0, 0.1) is 0 Å². The molecule has 9 aromatic carbocycles. The van der Waals surface area contributed by atoms with Crippen LogP contribution >= 0.6 is 0 Å². The second kappa shape index (κ2) is 16.4. The van der Waals surface area contributed by atoms with Crippen LogP contribution in [-0.4, -0.2) is 4.57 Å². The third kappa shape index (κ3) is 6.73. The molecule has 2 aliphatic rings. The van der Waals surface area contributed by atoms with Gasteiger partial charge in [0.2, 0.25) is 0 Å². The molecule has 0 saturated heterocycles. The standard InChI is InChI=1S/C62H50N2/c1-4-16-43(17-5-1)44-28-35-50(36-29-44)63(51-37-30-45(31-38-51)48-34-41-54-53-22-14-15-27-59(53)64(60(54)42-48)49-20-8-3-9-21-49)52-39-32-47(33-40-52)62-57-25-12-10-23-55(57)61(46-18-6-2-7-19-46)56-24-11-13-26-58(56)62/h1-9,14-22,27-42H,10-13,23-26H2. The molecular weight excluding hydrogens is 773 g/mol. The number of hydrogen-bond acceptors (Lipinski definition) is 1. The lowest BCUT2D eigenvalue weighted by Gasteiger charge is -2.32. The van der Waals surface area contributed by atoms with E-state index in [0.29, 0.717) is 0 Å². The lowest BCUT2D eigenvalue weighted by Crippen LogP contribution is -2.15. The monoisotopic (exact) mass is 822 g/mol. The number of hydrogen-bond donors (Lipinski definition) is 0. The van der Waals surface area contributed by atoms with Crippen molar-refractivity contribution in [3.63, 3.8) is 0 Å².